The average Bonchev–Trinajstić information content (AvgIpc) is 2.33. The van der Waals surface area contributed by atoms with Crippen molar-refractivity contribution in [3.05, 3.63) is 29.2 Å². The normalized spacial score (nSPS) is 17.2. The van der Waals surface area contributed by atoms with Crippen molar-refractivity contribution in [1.29, 1.82) is 0 Å². The minimum Gasteiger partial charge on any atom is -0.402 e. The van der Waals surface area contributed by atoms with E-state index in [1.165, 1.54) is 6.42 Å². The Hall–Kier alpha value is -1.27. The van der Waals surface area contributed by atoms with Gasteiger partial charge in [0.05, 0.1) is 5.57 Å². The van der Waals surface area contributed by atoms with Crippen LogP contribution in [0.15, 0.2) is 29.2 Å². The van der Waals surface area contributed by atoms with Crippen LogP contribution in [0.25, 0.3) is 0 Å². The van der Waals surface area contributed by atoms with Gasteiger partial charge in [-0.3, -0.25) is 4.79 Å². The number of Topliss-reactive ketones (excluding diaryl/α,β-unsaturated/α-hetero) is 1. The van der Waals surface area contributed by atoms with Crippen LogP contribution in [0.1, 0.15) is 39.0 Å². The zero-order valence-corrected chi connectivity index (χ0v) is 8.73. The van der Waals surface area contributed by atoms with Gasteiger partial charge in [-0.1, -0.05) is 13.0 Å². The predicted octanol–water partition coefficient (Wildman–Crippen LogP) is 2.46. The Morgan fingerprint density at radius 2 is 2.00 bits per heavy atom. The first-order valence-corrected chi connectivity index (χ1v) is 5.05. The van der Waals surface area contributed by atoms with Gasteiger partial charge in [0.2, 0.25) is 0 Å². The topological polar surface area (TPSA) is 43.1 Å². The summed E-state index contributed by atoms with van der Waals surface area (Å²) in [5.41, 5.74) is 11.1. The van der Waals surface area contributed by atoms with Gasteiger partial charge >= 0.3 is 0 Å². The molecule has 0 heterocycles. The molecule has 2 heteroatoms. The summed E-state index contributed by atoms with van der Waals surface area (Å²) < 4.78 is 0. The van der Waals surface area contributed by atoms with Gasteiger partial charge in [-0.15, -0.1) is 5.73 Å². The highest BCUT2D eigenvalue weighted by Gasteiger charge is 2.15. The molecular formula is C12H17NO. The third-order valence-corrected chi connectivity index (χ3v) is 2.59. The smallest absolute Gasteiger partial charge is 0.167 e. The minimum absolute atomic E-state index is 0.0137. The van der Waals surface area contributed by atoms with Crippen LogP contribution in [0.3, 0.4) is 0 Å². The maximum absolute atomic E-state index is 11.3. The minimum atomic E-state index is 0.0137. The molecule has 14 heavy (non-hydrogen) atoms. The lowest BCUT2D eigenvalue weighted by Crippen LogP contribution is -2.07. The molecule has 2 N–H and O–H groups in total. The fourth-order valence-corrected chi connectivity index (χ4v) is 1.83. The molecule has 0 aromatic rings. The molecule has 0 unspecified atom stereocenters. The Morgan fingerprint density at radius 3 is 2.57 bits per heavy atom. The molecule has 1 aliphatic carbocycles. The zero-order valence-electron chi connectivity index (χ0n) is 8.73. The second-order valence-corrected chi connectivity index (χ2v) is 3.67. The van der Waals surface area contributed by atoms with Crippen LogP contribution >= 0.6 is 0 Å². The van der Waals surface area contributed by atoms with Gasteiger partial charge in [-0.2, -0.15) is 0 Å². The second kappa shape index (κ2) is 4.83. The average molecular weight is 191 g/mol. The van der Waals surface area contributed by atoms with E-state index in [1.807, 2.05) is 0 Å². The first kappa shape index (κ1) is 10.8. The summed E-state index contributed by atoms with van der Waals surface area (Å²) in [4.78, 5) is 11.3. The van der Waals surface area contributed by atoms with Gasteiger partial charge in [-0.25, -0.2) is 0 Å². The lowest BCUT2D eigenvalue weighted by molar-refractivity contribution is -0.113. The molecule has 2 nitrogen and oxygen atoms in total. The molecule has 0 atom stereocenters. The van der Waals surface area contributed by atoms with E-state index in [-0.39, 0.29) is 5.78 Å². The van der Waals surface area contributed by atoms with Gasteiger partial charge in [0.1, 0.15) is 0 Å². The third kappa shape index (κ3) is 2.36. The molecule has 0 bridgehead atoms. The monoisotopic (exact) mass is 191 g/mol. The summed E-state index contributed by atoms with van der Waals surface area (Å²) in [6.45, 7) is 5.09. The lowest BCUT2D eigenvalue weighted by atomic mass is 9.98. The number of hydrogen-bond acceptors (Lipinski definition) is 2. The van der Waals surface area contributed by atoms with E-state index in [4.69, 9.17) is 5.73 Å². The Balaban J connectivity index is 3.03. The second-order valence-electron chi connectivity index (χ2n) is 3.67. The first-order chi connectivity index (χ1) is 6.66. The van der Waals surface area contributed by atoms with E-state index in [0.717, 1.165) is 37.0 Å². The Morgan fingerprint density at radius 1 is 1.36 bits per heavy atom. The highest BCUT2D eigenvalue weighted by molar-refractivity contribution is 5.97. The molecule has 76 valence electrons. The molecule has 0 aromatic carbocycles. The quantitative estimate of drug-likeness (QED) is 0.538. The summed E-state index contributed by atoms with van der Waals surface area (Å²) in [7, 11) is 0. The molecule has 0 aliphatic heterocycles. The highest BCUT2D eigenvalue weighted by Crippen LogP contribution is 2.26. The number of allylic oxidation sites excluding steroid dienone is 3. The Labute approximate surface area is 85.2 Å². The molecule has 0 spiro atoms. The van der Waals surface area contributed by atoms with Crippen LogP contribution in [-0.4, -0.2) is 5.78 Å². The summed E-state index contributed by atoms with van der Waals surface area (Å²) in [6.07, 6.45) is 5.20. The molecule has 0 radical (unpaired) electrons. The van der Waals surface area contributed by atoms with Gasteiger partial charge in [0.25, 0.3) is 0 Å². The van der Waals surface area contributed by atoms with Crippen molar-refractivity contribution in [2.45, 2.75) is 39.0 Å². The van der Waals surface area contributed by atoms with Crippen molar-refractivity contribution >= 4 is 5.78 Å². The molecule has 0 saturated carbocycles. The first-order valence-electron chi connectivity index (χ1n) is 5.05. The fraction of sp³-hybridized carbons (Fsp3) is 0.500. The van der Waals surface area contributed by atoms with E-state index in [0.29, 0.717) is 5.57 Å². The van der Waals surface area contributed by atoms with Crippen LogP contribution in [-0.2, 0) is 4.79 Å². The summed E-state index contributed by atoms with van der Waals surface area (Å²) in [6, 6.07) is 0. The van der Waals surface area contributed by atoms with Gasteiger partial charge in [0, 0.05) is 5.70 Å². The predicted molar refractivity (Wildman–Crippen MR) is 57.6 cm³/mol. The SMILES string of the molecule is C=C=C(C(C)=O)C1=C(N)CCCCC1. The Bertz CT molecular complexity index is 319. The standard InChI is InChI=1S/C12H17NO/c1-3-10(9(2)14)11-7-5-4-6-8-12(11)13/h1,4-8,13H2,2H3. The van der Waals surface area contributed by atoms with Crippen molar-refractivity contribution in [3.8, 4) is 0 Å². The highest BCUT2D eigenvalue weighted by atomic mass is 16.1. The third-order valence-electron chi connectivity index (χ3n) is 2.59. The summed E-state index contributed by atoms with van der Waals surface area (Å²) in [5.74, 6) is 0.0137. The van der Waals surface area contributed by atoms with Gasteiger partial charge < -0.3 is 5.73 Å². The maximum Gasteiger partial charge on any atom is 0.167 e. The lowest BCUT2D eigenvalue weighted by Gasteiger charge is -2.08. The van der Waals surface area contributed by atoms with E-state index in [2.05, 4.69) is 12.3 Å². The van der Waals surface area contributed by atoms with Crippen molar-refractivity contribution in [2.75, 3.05) is 0 Å². The number of hydrogen-bond donors (Lipinski definition) is 1. The molecule has 1 rings (SSSR count). The number of carbonyl (C=O) groups is 1. The van der Waals surface area contributed by atoms with Crippen molar-refractivity contribution < 1.29 is 4.79 Å². The van der Waals surface area contributed by atoms with E-state index in [9.17, 15) is 4.79 Å². The van der Waals surface area contributed by atoms with Crippen LogP contribution in [0.5, 0.6) is 0 Å². The maximum atomic E-state index is 11.3. The number of nitrogens with two attached hydrogens (primary N) is 1. The fourth-order valence-electron chi connectivity index (χ4n) is 1.83. The summed E-state index contributed by atoms with van der Waals surface area (Å²) in [5, 5.41) is 0. The molecule has 0 amide bonds. The van der Waals surface area contributed by atoms with E-state index >= 15 is 0 Å². The van der Waals surface area contributed by atoms with Gasteiger partial charge in [-0.05, 0) is 38.2 Å². The number of rotatable bonds is 2. The van der Waals surface area contributed by atoms with Crippen LogP contribution in [0, 0.1) is 0 Å². The number of carbonyl (C=O) groups excluding carboxylic acids is 1. The van der Waals surface area contributed by atoms with Crippen molar-refractivity contribution in [3.63, 3.8) is 0 Å². The van der Waals surface area contributed by atoms with Crippen molar-refractivity contribution in [1.82, 2.24) is 0 Å². The van der Waals surface area contributed by atoms with Crippen LogP contribution < -0.4 is 5.73 Å². The Kier molecular flexibility index (Phi) is 3.73. The molecule has 0 aromatic heterocycles. The molecule has 0 fully saturated rings. The van der Waals surface area contributed by atoms with Gasteiger partial charge in [0.15, 0.2) is 5.78 Å². The van der Waals surface area contributed by atoms with Crippen LogP contribution in [0.4, 0.5) is 0 Å². The number of ketones is 1. The molecule has 0 saturated heterocycles. The largest absolute Gasteiger partial charge is 0.402 e. The van der Waals surface area contributed by atoms with E-state index in [1.54, 1.807) is 6.92 Å². The molecular weight excluding hydrogens is 174 g/mol. The van der Waals surface area contributed by atoms with Crippen LogP contribution in [0.2, 0.25) is 0 Å². The van der Waals surface area contributed by atoms with E-state index < -0.39 is 0 Å². The summed E-state index contributed by atoms with van der Waals surface area (Å²) >= 11 is 0. The zero-order chi connectivity index (χ0) is 10.6. The van der Waals surface area contributed by atoms with Crippen molar-refractivity contribution in [2.24, 2.45) is 5.73 Å². The molecule has 1 aliphatic rings.